The van der Waals surface area contributed by atoms with Crippen molar-refractivity contribution in [3.63, 3.8) is 0 Å². The van der Waals surface area contributed by atoms with E-state index in [1.54, 1.807) is 12.1 Å². The molecule has 1 heterocycles. The Kier molecular flexibility index (Phi) is 11.3. The average molecular weight is 636 g/mol. The SMILES string of the molecule is NC(=O)C(N)c1cccc(Br)c1.O=C1CCCCC1.O=C1NC2(CCCCC2)NC1c1cccc(Br)c1. The van der Waals surface area contributed by atoms with Crippen LogP contribution in [0.3, 0.4) is 0 Å². The number of Topliss-reactive ketones (excluding diaryl/α,β-unsaturated/α-hetero) is 1. The van der Waals surface area contributed by atoms with Crippen molar-refractivity contribution in [3.05, 3.63) is 68.6 Å². The maximum Gasteiger partial charge on any atom is 0.243 e. The van der Waals surface area contributed by atoms with Crippen LogP contribution in [0.2, 0.25) is 0 Å². The quantitative estimate of drug-likeness (QED) is 0.363. The van der Waals surface area contributed by atoms with Gasteiger partial charge in [-0.05, 0) is 73.9 Å². The van der Waals surface area contributed by atoms with Gasteiger partial charge in [0.05, 0.1) is 5.66 Å². The Morgan fingerprint density at radius 1 is 0.892 bits per heavy atom. The number of benzene rings is 2. The van der Waals surface area contributed by atoms with E-state index < -0.39 is 11.9 Å². The molecule has 9 heteroatoms. The van der Waals surface area contributed by atoms with E-state index in [4.69, 9.17) is 11.5 Å². The lowest BCUT2D eigenvalue weighted by molar-refractivity contribution is -0.121. The van der Waals surface area contributed by atoms with Gasteiger partial charge in [0.1, 0.15) is 17.9 Å². The summed E-state index contributed by atoms with van der Waals surface area (Å²) in [5, 5.41) is 6.69. The molecule has 2 aliphatic carbocycles. The van der Waals surface area contributed by atoms with Crippen LogP contribution < -0.4 is 22.1 Å². The molecule has 2 aromatic rings. The molecular formula is C28H36Br2N4O3. The molecule has 3 aliphatic rings. The Morgan fingerprint density at radius 3 is 2.03 bits per heavy atom. The Labute approximate surface area is 235 Å². The van der Waals surface area contributed by atoms with Crippen LogP contribution in [0.25, 0.3) is 0 Å². The summed E-state index contributed by atoms with van der Waals surface area (Å²) in [6.45, 7) is 0. The van der Waals surface area contributed by atoms with Gasteiger partial charge >= 0.3 is 0 Å². The first-order valence-corrected chi connectivity index (χ1v) is 14.4. The Balaban J connectivity index is 0.000000172. The van der Waals surface area contributed by atoms with Crippen molar-refractivity contribution < 1.29 is 14.4 Å². The van der Waals surface area contributed by atoms with E-state index in [9.17, 15) is 14.4 Å². The van der Waals surface area contributed by atoms with Gasteiger partial charge in [0.2, 0.25) is 11.8 Å². The number of hydrogen-bond acceptors (Lipinski definition) is 5. The summed E-state index contributed by atoms with van der Waals surface area (Å²) in [5.74, 6) is 0.0503. The number of ketones is 1. The third-order valence-electron chi connectivity index (χ3n) is 6.86. The number of rotatable bonds is 3. The van der Waals surface area contributed by atoms with Gasteiger partial charge in [-0.15, -0.1) is 0 Å². The summed E-state index contributed by atoms with van der Waals surface area (Å²) in [7, 11) is 0. The highest BCUT2D eigenvalue weighted by Gasteiger charge is 2.44. The van der Waals surface area contributed by atoms with Crippen LogP contribution in [0.15, 0.2) is 57.5 Å². The van der Waals surface area contributed by atoms with E-state index in [0.717, 1.165) is 58.6 Å². The molecule has 2 saturated carbocycles. The van der Waals surface area contributed by atoms with Gasteiger partial charge in [0, 0.05) is 21.8 Å². The molecule has 200 valence electrons. The van der Waals surface area contributed by atoms with Crippen LogP contribution in [-0.4, -0.2) is 23.3 Å². The van der Waals surface area contributed by atoms with Crippen molar-refractivity contribution in [1.82, 2.24) is 10.6 Å². The molecule has 37 heavy (non-hydrogen) atoms. The highest BCUT2D eigenvalue weighted by Crippen LogP contribution is 2.34. The molecule has 1 saturated heterocycles. The molecule has 2 aromatic carbocycles. The molecule has 7 nitrogen and oxygen atoms in total. The summed E-state index contributed by atoms with van der Waals surface area (Å²) in [5.41, 5.74) is 12.2. The van der Waals surface area contributed by atoms with Gasteiger partial charge in [-0.2, -0.15) is 0 Å². The zero-order chi connectivity index (χ0) is 26.8. The molecule has 1 aliphatic heterocycles. The maximum atomic E-state index is 12.2. The van der Waals surface area contributed by atoms with Crippen molar-refractivity contribution in [2.75, 3.05) is 0 Å². The van der Waals surface area contributed by atoms with E-state index >= 15 is 0 Å². The van der Waals surface area contributed by atoms with Gasteiger partial charge < -0.3 is 16.8 Å². The Morgan fingerprint density at radius 2 is 1.49 bits per heavy atom. The Bertz CT molecular complexity index is 1080. The van der Waals surface area contributed by atoms with Gasteiger partial charge in [-0.1, -0.05) is 69.0 Å². The van der Waals surface area contributed by atoms with Crippen molar-refractivity contribution in [2.45, 2.75) is 82.0 Å². The summed E-state index contributed by atoms with van der Waals surface area (Å²) in [6, 6.07) is 14.2. The van der Waals surface area contributed by atoms with Crippen LogP contribution in [0.5, 0.6) is 0 Å². The number of nitrogens with one attached hydrogen (secondary N) is 2. The topological polar surface area (TPSA) is 127 Å². The normalized spacial score (nSPS) is 21.1. The van der Waals surface area contributed by atoms with Gasteiger partial charge in [-0.3, -0.25) is 19.7 Å². The molecule has 5 rings (SSSR count). The standard InChI is InChI=1S/C14H17BrN2O.C8H9BrN2O.C6H10O/c15-11-6-4-5-10(9-11)12-13(18)17-14(16-12)7-2-1-3-8-14;9-6-3-1-2-5(4-6)7(10)8(11)12;7-6-4-2-1-3-5-6/h4-6,9,12,16H,1-3,7-8H2,(H,17,18);1-4,7H,10H2,(H2,11,12);1-5H2. The number of hydrogen-bond donors (Lipinski definition) is 4. The number of nitrogens with two attached hydrogens (primary N) is 2. The number of halogens is 2. The fraction of sp³-hybridized carbons (Fsp3) is 0.464. The third kappa shape index (κ3) is 9.02. The van der Waals surface area contributed by atoms with Gasteiger partial charge in [0.15, 0.2) is 0 Å². The summed E-state index contributed by atoms with van der Waals surface area (Å²) in [4.78, 5) is 33.3. The second-order valence-electron chi connectivity index (χ2n) is 9.80. The number of primary amides is 1. The van der Waals surface area contributed by atoms with Gasteiger partial charge in [-0.25, -0.2) is 0 Å². The van der Waals surface area contributed by atoms with E-state index in [1.165, 1.54) is 25.7 Å². The van der Waals surface area contributed by atoms with Crippen LogP contribution in [0, 0.1) is 0 Å². The van der Waals surface area contributed by atoms with Crippen molar-refractivity contribution >= 4 is 49.5 Å². The number of carbonyl (C=O) groups excluding carboxylic acids is 3. The summed E-state index contributed by atoms with van der Waals surface area (Å²) in [6.07, 6.45) is 11.0. The lowest BCUT2D eigenvalue weighted by Crippen LogP contribution is -2.51. The predicted molar refractivity (Wildman–Crippen MR) is 152 cm³/mol. The molecule has 0 radical (unpaired) electrons. The lowest BCUT2D eigenvalue weighted by Gasteiger charge is -2.33. The highest BCUT2D eigenvalue weighted by atomic mass is 79.9. The zero-order valence-corrected chi connectivity index (χ0v) is 24.2. The zero-order valence-electron chi connectivity index (χ0n) is 21.0. The van der Waals surface area contributed by atoms with Crippen molar-refractivity contribution in [1.29, 1.82) is 0 Å². The van der Waals surface area contributed by atoms with Crippen molar-refractivity contribution in [2.24, 2.45) is 11.5 Å². The molecule has 2 atom stereocenters. The molecule has 6 N–H and O–H groups in total. The molecule has 1 spiro atoms. The number of amides is 2. The van der Waals surface area contributed by atoms with Gasteiger partial charge in [0.25, 0.3) is 0 Å². The second kappa shape index (κ2) is 14.2. The summed E-state index contributed by atoms with van der Waals surface area (Å²) < 4.78 is 1.90. The minimum Gasteiger partial charge on any atom is -0.368 e. The fourth-order valence-electron chi connectivity index (χ4n) is 4.84. The van der Waals surface area contributed by atoms with Crippen LogP contribution in [0.4, 0.5) is 0 Å². The predicted octanol–water partition coefficient (Wildman–Crippen LogP) is 5.32. The maximum absolute atomic E-state index is 12.2. The number of carbonyl (C=O) groups is 3. The lowest BCUT2D eigenvalue weighted by atomic mass is 9.89. The summed E-state index contributed by atoms with van der Waals surface area (Å²) >= 11 is 6.73. The smallest absolute Gasteiger partial charge is 0.243 e. The molecular weight excluding hydrogens is 600 g/mol. The minimum atomic E-state index is -0.720. The highest BCUT2D eigenvalue weighted by molar-refractivity contribution is 9.10. The molecule has 3 fully saturated rings. The molecule has 2 amide bonds. The Hall–Kier alpha value is -2.07. The second-order valence-corrected chi connectivity index (χ2v) is 11.6. The van der Waals surface area contributed by atoms with Crippen LogP contribution in [0.1, 0.15) is 87.4 Å². The first-order chi connectivity index (χ1) is 17.7. The first kappa shape index (κ1) is 29.5. The van der Waals surface area contributed by atoms with E-state index in [2.05, 4.69) is 42.5 Å². The molecule has 0 aromatic heterocycles. The monoisotopic (exact) mass is 634 g/mol. The van der Waals surface area contributed by atoms with E-state index in [0.29, 0.717) is 5.78 Å². The van der Waals surface area contributed by atoms with Crippen LogP contribution >= 0.6 is 31.9 Å². The van der Waals surface area contributed by atoms with E-state index in [-0.39, 0.29) is 17.6 Å². The fourth-order valence-corrected chi connectivity index (χ4v) is 5.68. The van der Waals surface area contributed by atoms with Crippen molar-refractivity contribution in [3.8, 4) is 0 Å². The first-order valence-electron chi connectivity index (χ1n) is 12.9. The minimum absolute atomic E-state index is 0.106. The molecule has 2 unspecified atom stereocenters. The van der Waals surface area contributed by atoms with Crippen LogP contribution in [-0.2, 0) is 14.4 Å². The average Bonchev–Trinajstić information content (AvgIpc) is 3.20. The largest absolute Gasteiger partial charge is 0.368 e. The third-order valence-corrected chi connectivity index (χ3v) is 7.85. The molecule has 0 bridgehead atoms. The van der Waals surface area contributed by atoms with E-state index in [1.807, 2.05) is 36.4 Å².